The molecule has 0 saturated heterocycles. The van der Waals surface area contributed by atoms with Crippen molar-refractivity contribution in [3.05, 3.63) is 44.9 Å². The molecule has 2 nitrogen and oxygen atoms in total. The lowest BCUT2D eigenvalue weighted by Gasteiger charge is -2.13. The van der Waals surface area contributed by atoms with E-state index in [0.29, 0.717) is 28.0 Å². The fraction of sp³-hybridized carbons (Fsp3) is 0.250. The van der Waals surface area contributed by atoms with E-state index in [-0.39, 0.29) is 0 Å². The van der Waals surface area contributed by atoms with Crippen molar-refractivity contribution in [3.8, 4) is 0 Å². The van der Waals surface area contributed by atoms with Crippen LogP contribution in [0.25, 0.3) is 0 Å². The quantitative estimate of drug-likeness (QED) is 0.778. The number of rotatable bonds is 4. The fourth-order valence-corrected chi connectivity index (χ4v) is 2.80. The van der Waals surface area contributed by atoms with Gasteiger partial charge in [-0.05, 0) is 17.7 Å². The van der Waals surface area contributed by atoms with Crippen LogP contribution in [0.2, 0.25) is 4.47 Å². The van der Waals surface area contributed by atoms with Crippen molar-refractivity contribution in [2.24, 2.45) is 0 Å². The average molecular weight is 339 g/mol. The van der Waals surface area contributed by atoms with Gasteiger partial charge in [-0.3, -0.25) is 0 Å². The Morgan fingerprint density at radius 2 is 2.10 bits per heavy atom. The third kappa shape index (κ3) is 3.80. The van der Waals surface area contributed by atoms with Gasteiger partial charge in [0.2, 0.25) is 0 Å². The van der Waals surface area contributed by atoms with Gasteiger partial charge in [-0.1, -0.05) is 17.7 Å². The van der Waals surface area contributed by atoms with Crippen LogP contribution >= 0.6 is 35.6 Å². The molecule has 108 valence electrons. The largest absolute Gasteiger partial charge is 0.416 e. The van der Waals surface area contributed by atoms with Crippen LogP contribution in [-0.4, -0.2) is 4.98 Å². The molecule has 1 aromatic carbocycles. The van der Waals surface area contributed by atoms with E-state index < -0.39 is 11.7 Å². The molecule has 20 heavy (non-hydrogen) atoms. The molecule has 0 fully saturated rings. The van der Waals surface area contributed by atoms with E-state index >= 15 is 0 Å². The first-order valence-corrected chi connectivity index (χ1v) is 7.38. The predicted molar refractivity (Wildman–Crippen MR) is 78.6 cm³/mol. The number of alkyl halides is 3. The first-order valence-electron chi connectivity index (χ1n) is 5.55. The van der Waals surface area contributed by atoms with Crippen LogP contribution in [0.15, 0.2) is 24.4 Å². The molecule has 0 aliphatic carbocycles. The molecule has 2 aromatic rings. The average Bonchev–Trinajstić information content (AvgIpc) is 2.80. The zero-order valence-corrected chi connectivity index (χ0v) is 12.5. The normalized spacial score (nSPS) is 11.7. The maximum absolute atomic E-state index is 12.7. The number of nitrogens with one attached hydrogen (secondary N) is 1. The standard InChI is InChI=1S/C12H10ClF3N2S2/c13-11-18-5-9(20-11)4-17-10-3-8(12(14,15)16)2-1-7(10)6-19/h1-3,5,17,19H,4,6H2. The number of anilines is 1. The van der Waals surface area contributed by atoms with Gasteiger partial charge in [0.05, 0.1) is 12.1 Å². The Bertz CT molecular complexity index is 599. The molecule has 2 rings (SSSR count). The summed E-state index contributed by atoms with van der Waals surface area (Å²) in [5.74, 6) is 0.351. The number of nitrogens with zero attached hydrogens (tertiary/aromatic N) is 1. The zero-order valence-electron chi connectivity index (χ0n) is 10.0. The van der Waals surface area contributed by atoms with Crippen molar-refractivity contribution < 1.29 is 13.2 Å². The van der Waals surface area contributed by atoms with Gasteiger partial charge in [-0.25, -0.2) is 4.98 Å². The van der Waals surface area contributed by atoms with Crippen molar-refractivity contribution >= 4 is 41.3 Å². The van der Waals surface area contributed by atoms with Crippen molar-refractivity contribution in [1.82, 2.24) is 4.98 Å². The highest BCUT2D eigenvalue weighted by Gasteiger charge is 2.30. The van der Waals surface area contributed by atoms with Crippen molar-refractivity contribution in [2.45, 2.75) is 18.5 Å². The van der Waals surface area contributed by atoms with Crippen molar-refractivity contribution in [3.63, 3.8) is 0 Å². The Morgan fingerprint density at radius 3 is 2.65 bits per heavy atom. The lowest BCUT2D eigenvalue weighted by atomic mass is 10.1. The molecule has 0 bridgehead atoms. The SMILES string of the molecule is FC(F)(F)c1ccc(CS)c(NCc2cnc(Cl)s2)c1. The Labute approximate surface area is 128 Å². The van der Waals surface area contributed by atoms with Crippen LogP contribution in [0.5, 0.6) is 0 Å². The van der Waals surface area contributed by atoms with Crippen LogP contribution in [-0.2, 0) is 18.5 Å². The van der Waals surface area contributed by atoms with Gasteiger partial charge >= 0.3 is 6.18 Å². The summed E-state index contributed by atoms with van der Waals surface area (Å²) in [5.41, 5.74) is 0.434. The number of hydrogen-bond acceptors (Lipinski definition) is 4. The van der Waals surface area contributed by atoms with Crippen LogP contribution in [0.1, 0.15) is 16.0 Å². The summed E-state index contributed by atoms with van der Waals surface area (Å²) in [6, 6.07) is 3.58. The summed E-state index contributed by atoms with van der Waals surface area (Å²) >= 11 is 11.1. The summed E-state index contributed by atoms with van der Waals surface area (Å²) < 4.78 is 38.5. The Kier molecular flexibility index (Phi) is 4.82. The molecule has 0 amide bonds. The summed E-state index contributed by atoms with van der Waals surface area (Å²) in [4.78, 5) is 4.72. The topological polar surface area (TPSA) is 24.9 Å². The lowest BCUT2D eigenvalue weighted by Crippen LogP contribution is -2.08. The van der Waals surface area contributed by atoms with E-state index in [1.807, 2.05) is 0 Å². The molecule has 0 atom stereocenters. The zero-order chi connectivity index (χ0) is 14.8. The highest BCUT2D eigenvalue weighted by molar-refractivity contribution is 7.79. The number of thiazole rings is 1. The van der Waals surface area contributed by atoms with E-state index in [0.717, 1.165) is 17.0 Å². The Hall–Kier alpha value is -0.920. The molecule has 8 heteroatoms. The molecule has 1 N–H and O–H groups in total. The second-order valence-electron chi connectivity index (χ2n) is 3.96. The summed E-state index contributed by atoms with van der Waals surface area (Å²) in [6.07, 6.45) is -2.77. The van der Waals surface area contributed by atoms with Crippen LogP contribution in [0, 0.1) is 0 Å². The van der Waals surface area contributed by atoms with Crippen LogP contribution in [0.3, 0.4) is 0 Å². The number of halogens is 4. The molecule has 1 heterocycles. The second-order valence-corrected chi connectivity index (χ2v) is 5.97. The highest BCUT2D eigenvalue weighted by atomic mass is 35.5. The van der Waals surface area contributed by atoms with Gasteiger partial charge < -0.3 is 5.32 Å². The third-order valence-electron chi connectivity index (χ3n) is 2.59. The van der Waals surface area contributed by atoms with E-state index in [2.05, 4.69) is 22.9 Å². The van der Waals surface area contributed by atoms with Crippen molar-refractivity contribution in [2.75, 3.05) is 5.32 Å². The smallest absolute Gasteiger partial charge is 0.380 e. The number of hydrogen-bond donors (Lipinski definition) is 2. The molecule has 0 aliphatic heterocycles. The molecular weight excluding hydrogens is 329 g/mol. The molecule has 0 radical (unpaired) electrons. The maximum atomic E-state index is 12.7. The second kappa shape index (κ2) is 6.24. The van der Waals surface area contributed by atoms with Crippen LogP contribution < -0.4 is 5.32 Å². The fourth-order valence-electron chi connectivity index (χ4n) is 1.60. The lowest BCUT2D eigenvalue weighted by molar-refractivity contribution is -0.137. The summed E-state index contributed by atoms with van der Waals surface area (Å²) in [7, 11) is 0. The Morgan fingerprint density at radius 1 is 1.35 bits per heavy atom. The minimum absolute atomic E-state index is 0.351. The molecule has 0 unspecified atom stereocenters. The van der Waals surface area contributed by atoms with Crippen LogP contribution in [0.4, 0.5) is 18.9 Å². The van der Waals surface area contributed by atoms with Crippen molar-refractivity contribution in [1.29, 1.82) is 0 Å². The predicted octanol–water partition coefficient (Wildman–Crippen LogP) is 4.86. The molecular formula is C12H10ClF3N2S2. The maximum Gasteiger partial charge on any atom is 0.416 e. The molecule has 0 aliphatic rings. The first kappa shape index (κ1) is 15.5. The van der Waals surface area contributed by atoms with E-state index in [9.17, 15) is 13.2 Å². The monoisotopic (exact) mass is 338 g/mol. The van der Waals surface area contributed by atoms with E-state index in [4.69, 9.17) is 11.6 Å². The molecule has 1 aromatic heterocycles. The Balaban J connectivity index is 2.20. The van der Waals surface area contributed by atoms with Gasteiger partial charge in [0.15, 0.2) is 4.47 Å². The van der Waals surface area contributed by atoms with Gasteiger partial charge in [-0.15, -0.1) is 11.3 Å². The number of benzene rings is 1. The van der Waals surface area contributed by atoms with Gasteiger partial charge in [0.1, 0.15) is 0 Å². The van der Waals surface area contributed by atoms with Gasteiger partial charge in [0.25, 0.3) is 0 Å². The summed E-state index contributed by atoms with van der Waals surface area (Å²) in [6.45, 7) is 0.368. The number of thiol groups is 1. The minimum Gasteiger partial charge on any atom is -0.380 e. The van der Waals surface area contributed by atoms with E-state index in [1.165, 1.54) is 17.4 Å². The third-order valence-corrected chi connectivity index (χ3v) is 4.04. The van der Waals surface area contributed by atoms with Gasteiger partial charge in [0, 0.05) is 22.5 Å². The van der Waals surface area contributed by atoms with E-state index in [1.54, 1.807) is 6.20 Å². The first-order chi connectivity index (χ1) is 9.40. The highest BCUT2D eigenvalue weighted by Crippen LogP contribution is 2.33. The molecule has 0 saturated carbocycles. The minimum atomic E-state index is -4.36. The number of aromatic nitrogens is 1. The van der Waals surface area contributed by atoms with Gasteiger partial charge in [-0.2, -0.15) is 25.8 Å². The summed E-state index contributed by atoms with van der Waals surface area (Å²) in [5, 5.41) is 2.97. The molecule has 0 spiro atoms.